The van der Waals surface area contributed by atoms with Gasteiger partial charge < -0.3 is 0 Å². The molecular formula is C10H16. The smallest absolute Gasteiger partial charge is 0.0168 e. The average molecular weight is 136 g/mol. The predicted molar refractivity (Wildman–Crippen MR) is 45.8 cm³/mol. The maximum absolute atomic E-state index is 2.30. The summed E-state index contributed by atoms with van der Waals surface area (Å²) < 4.78 is 0. The predicted octanol–water partition coefficient (Wildman–Crippen LogP) is 3.16. The molecule has 0 aliphatic heterocycles. The lowest BCUT2D eigenvalue weighted by Gasteiger charge is -2.24. The fraction of sp³-hybridized carbons (Fsp3) is 0.600. The van der Waals surface area contributed by atoms with Crippen molar-refractivity contribution < 1.29 is 0 Å². The van der Waals surface area contributed by atoms with Crippen LogP contribution in [-0.4, -0.2) is 0 Å². The van der Waals surface area contributed by atoms with Crippen LogP contribution >= 0.6 is 0 Å². The van der Waals surface area contributed by atoms with Crippen molar-refractivity contribution >= 4 is 0 Å². The van der Waals surface area contributed by atoms with Crippen LogP contribution in [0.15, 0.2) is 23.3 Å². The van der Waals surface area contributed by atoms with Crippen LogP contribution in [0.5, 0.6) is 0 Å². The lowest BCUT2D eigenvalue weighted by molar-refractivity contribution is 0.496. The van der Waals surface area contributed by atoms with Gasteiger partial charge in [-0.2, -0.15) is 0 Å². The molecule has 0 heterocycles. The van der Waals surface area contributed by atoms with Gasteiger partial charge in [-0.3, -0.25) is 0 Å². The Hall–Kier alpha value is -0.520. The van der Waals surface area contributed by atoms with Crippen molar-refractivity contribution in [2.75, 3.05) is 0 Å². The molecule has 0 aromatic heterocycles. The van der Waals surface area contributed by atoms with E-state index < -0.39 is 0 Å². The molecule has 0 saturated heterocycles. The SMILES string of the molecule is CC1=CC=C(C)C(C)C1C. The maximum Gasteiger partial charge on any atom is -0.0168 e. The number of hydrogen-bond donors (Lipinski definition) is 0. The molecule has 56 valence electrons. The summed E-state index contributed by atoms with van der Waals surface area (Å²) in [6, 6.07) is 0. The second kappa shape index (κ2) is 2.61. The van der Waals surface area contributed by atoms with Gasteiger partial charge in [-0.25, -0.2) is 0 Å². The molecule has 2 atom stereocenters. The molecule has 0 aromatic carbocycles. The molecule has 0 bridgehead atoms. The van der Waals surface area contributed by atoms with Crippen LogP contribution < -0.4 is 0 Å². The van der Waals surface area contributed by atoms with Crippen LogP contribution in [0.2, 0.25) is 0 Å². The highest BCUT2D eigenvalue weighted by molar-refractivity contribution is 5.25. The lowest BCUT2D eigenvalue weighted by atomic mass is 9.81. The van der Waals surface area contributed by atoms with Gasteiger partial charge in [0.15, 0.2) is 0 Å². The summed E-state index contributed by atoms with van der Waals surface area (Å²) in [5.41, 5.74) is 3.02. The van der Waals surface area contributed by atoms with Crippen LogP contribution in [0.3, 0.4) is 0 Å². The largest absolute Gasteiger partial charge is 0.0699 e. The maximum atomic E-state index is 2.30. The first kappa shape index (κ1) is 7.59. The van der Waals surface area contributed by atoms with Crippen LogP contribution in [0.4, 0.5) is 0 Å². The van der Waals surface area contributed by atoms with Crippen LogP contribution in [-0.2, 0) is 0 Å². The zero-order chi connectivity index (χ0) is 7.72. The van der Waals surface area contributed by atoms with Crippen molar-refractivity contribution in [3.8, 4) is 0 Å². The second-order valence-electron chi connectivity index (χ2n) is 3.40. The summed E-state index contributed by atoms with van der Waals surface area (Å²) in [5.74, 6) is 1.48. The minimum absolute atomic E-state index is 0.741. The minimum Gasteiger partial charge on any atom is -0.0699 e. The van der Waals surface area contributed by atoms with Gasteiger partial charge in [-0.1, -0.05) is 37.1 Å². The quantitative estimate of drug-likeness (QED) is 0.480. The molecule has 1 aliphatic rings. The Morgan fingerprint density at radius 2 is 1.20 bits per heavy atom. The van der Waals surface area contributed by atoms with E-state index in [2.05, 4.69) is 39.8 Å². The molecule has 2 unspecified atom stereocenters. The van der Waals surface area contributed by atoms with E-state index in [9.17, 15) is 0 Å². The van der Waals surface area contributed by atoms with Crippen molar-refractivity contribution in [2.45, 2.75) is 27.7 Å². The van der Waals surface area contributed by atoms with Crippen LogP contribution in [0.25, 0.3) is 0 Å². The van der Waals surface area contributed by atoms with E-state index in [1.165, 1.54) is 11.1 Å². The van der Waals surface area contributed by atoms with E-state index in [1.54, 1.807) is 0 Å². The Bertz CT molecular complexity index is 162. The third kappa shape index (κ3) is 1.16. The Labute approximate surface area is 63.6 Å². The zero-order valence-electron chi connectivity index (χ0n) is 7.31. The molecule has 0 nitrogen and oxygen atoms in total. The fourth-order valence-corrected chi connectivity index (χ4v) is 1.36. The van der Waals surface area contributed by atoms with Crippen molar-refractivity contribution in [1.29, 1.82) is 0 Å². The highest BCUT2D eigenvalue weighted by Gasteiger charge is 2.17. The first-order chi connectivity index (χ1) is 4.63. The summed E-state index contributed by atoms with van der Waals surface area (Å²) in [5, 5.41) is 0. The first-order valence-electron chi connectivity index (χ1n) is 3.98. The van der Waals surface area contributed by atoms with Gasteiger partial charge in [0, 0.05) is 0 Å². The summed E-state index contributed by atoms with van der Waals surface area (Å²) in [4.78, 5) is 0. The molecule has 1 aliphatic carbocycles. The second-order valence-corrected chi connectivity index (χ2v) is 3.40. The van der Waals surface area contributed by atoms with Gasteiger partial charge in [0.1, 0.15) is 0 Å². The molecule has 0 N–H and O–H groups in total. The standard InChI is InChI=1S/C10H16/c1-7-5-6-8(2)10(4)9(7)3/h5-6,9-10H,1-4H3. The normalized spacial score (nSPS) is 33.2. The van der Waals surface area contributed by atoms with E-state index in [0.717, 1.165) is 11.8 Å². The molecule has 0 heteroatoms. The molecule has 10 heavy (non-hydrogen) atoms. The molecule has 0 fully saturated rings. The highest BCUT2D eigenvalue weighted by atomic mass is 14.2. The number of allylic oxidation sites excluding steroid dienone is 4. The van der Waals surface area contributed by atoms with Gasteiger partial charge in [0.25, 0.3) is 0 Å². The van der Waals surface area contributed by atoms with E-state index in [1.807, 2.05) is 0 Å². The molecular weight excluding hydrogens is 120 g/mol. The monoisotopic (exact) mass is 136 g/mol. The van der Waals surface area contributed by atoms with E-state index in [4.69, 9.17) is 0 Å². The summed E-state index contributed by atoms with van der Waals surface area (Å²) >= 11 is 0. The first-order valence-corrected chi connectivity index (χ1v) is 3.98. The Morgan fingerprint density at radius 1 is 0.900 bits per heavy atom. The van der Waals surface area contributed by atoms with Crippen molar-refractivity contribution in [3.05, 3.63) is 23.3 Å². The van der Waals surface area contributed by atoms with Gasteiger partial charge in [-0.15, -0.1) is 0 Å². The topological polar surface area (TPSA) is 0 Å². The number of hydrogen-bond acceptors (Lipinski definition) is 0. The van der Waals surface area contributed by atoms with Crippen LogP contribution in [0, 0.1) is 11.8 Å². The summed E-state index contributed by atoms with van der Waals surface area (Å²) in [6.45, 7) is 9.02. The highest BCUT2D eigenvalue weighted by Crippen LogP contribution is 2.29. The molecule has 0 amide bonds. The van der Waals surface area contributed by atoms with Crippen LogP contribution in [0.1, 0.15) is 27.7 Å². The van der Waals surface area contributed by atoms with Gasteiger partial charge in [-0.05, 0) is 25.7 Å². The van der Waals surface area contributed by atoms with Gasteiger partial charge >= 0.3 is 0 Å². The molecule has 0 saturated carbocycles. The van der Waals surface area contributed by atoms with Gasteiger partial charge in [0.05, 0.1) is 0 Å². The average Bonchev–Trinajstić information content (AvgIpc) is 1.93. The molecule has 0 radical (unpaired) electrons. The lowest BCUT2D eigenvalue weighted by Crippen LogP contribution is -2.13. The Morgan fingerprint density at radius 3 is 1.50 bits per heavy atom. The van der Waals surface area contributed by atoms with Crippen molar-refractivity contribution in [3.63, 3.8) is 0 Å². The van der Waals surface area contributed by atoms with E-state index >= 15 is 0 Å². The molecule has 1 rings (SSSR count). The summed E-state index contributed by atoms with van der Waals surface area (Å²) in [6.07, 6.45) is 4.47. The van der Waals surface area contributed by atoms with Crippen molar-refractivity contribution in [1.82, 2.24) is 0 Å². The third-order valence-electron chi connectivity index (χ3n) is 2.80. The minimum atomic E-state index is 0.741. The van der Waals surface area contributed by atoms with E-state index in [0.29, 0.717) is 0 Å². The Kier molecular flexibility index (Phi) is 1.98. The number of rotatable bonds is 0. The van der Waals surface area contributed by atoms with Gasteiger partial charge in [0.2, 0.25) is 0 Å². The zero-order valence-corrected chi connectivity index (χ0v) is 7.31. The fourth-order valence-electron chi connectivity index (χ4n) is 1.36. The summed E-state index contributed by atoms with van der Waals surface area (Å²) in [7, 11) is 0. The van der Waals surface area contributed by atoms with Crippen molar-refractivity contribution in [2.24, 2.45) is 11.8 Å². The molecule has 0 aromatic rings. The molecule has 0 spiro atoms. The van der Waals surface area contributed by atoms with E-state index in [-0.39, 0.29) is 0 Å². The third-order valence-corrected chi connectivity index (χ3v) is 2.80. The Balaban J connectivity index is 2.86.